The van der Waals surface area contributed by atoms with E-state index in [-0.39, 0.29) is 18.8 Å². The fourth-order valence-corrected chi connectivity index (χ4v) is 1.97. The van der Waals surface area contributed by atoms with Crippen LogP contribution in [0.5, 0.6) is 0 Å². The van der Waals surface area contributed by atoms with Crippen LogP contribution in [0.25, 0.3) is 0 Å². The summed E-state index contributed by atoms with van der Waals surface area (Å²) in [6.45, 7) is -0.0883. The first-order valence-electron chi connectivity index (χ1n) is 5.59. The summed E-state index contributed by atoms with van der Waals surface area (Å²) in [5.41, 5.74) is 1.19. The van der Waals surface area contributed by atoms with Crippen LogP contribution in [-0.2, 0) is 4.74 Å². The van der Waals surface area contributed by atoms with Crippen molar-refractivity contribution in [2.24, 2.45) is 0 Å². The molecular formula is C10H15N3O5. The van der Waals surface area contributed by atoms with Crippen molar-refractivity contribution in [2.45, 2.75) is 31.3 Å². The fraction of sp³-hybridized carbons (Fsp3) is 0.600. The number of nitrogens with zero attached hydrogens (tertiary/aromatic N) is 2. The molecule has 1 fully saturated rings. The summed E-state index contributed by atoms with van der Waals surface area (Å²) in [6.07, 6.45) is 0.192. The minimum atomic E-state index is -0.718. The minimum Gasteiger partial charge on any atom is -0.396 e. The van der Waals surface area contributed by atoms with E-state index in [0.717, 1.165) is 0 Å². The number of ether oxygens (including phenoxy) is 1. The summed E-state index contributed by atoms with van der Waals surface area (Å²) < 4.78 is 6.72. The van der Waals surface area contributed by atoms with Crippen LogP contribution in [0.1, 0.15) is 19.1 Å². The Morgan fingerprint density at radius 3 is 3.00 bits per heavy atom. The third kappa shape index (κ3) is 2.51. The SMILES string of the molecule is O=c1nc(NO)ccn1[C@H]1C[C@H](O)C(CCO)O1. The topological polar surface area (TPSA) is 117 Å². The average Bonchev–Trinajstić information content (AvgIpc) is 2.71. The van der Waals surface area contributed by atoms with Gasteiger partial charge in [0, 0.05) is 19.2 Å². The van der Waals surface area contributed by atoms with Gasteiger partial charge in [0.2, 0.25) is 0 Å². The maximum atomic E-state index is 11.6. The highest BCUT2D eigenvalue weighted by molar-refractivity contribution is 5.28. The van der Waals surface area contributed by atoms with Gasteiger partial charge in [-0.05, 0) is 12.5 Å². The molecule has 4 N–H and O–H groups in total. The van der Waals surface area contributed by atoms with Gasteiger partial charge in [0.1, 0.15) is 6.23 Å². The largest absolute Gasteiger partial charge is 0.396 e. The highest BCUT2D eigenvalue weighted by atomic mass is 16.5. The summed E-state index contributed by atoms with van der Waals surface area (Å²) >= 11 is 0. The van der Waals surface area contributed by atoms with Crippen LogP contribution in [0.4, 0.5) is 5.82 Å². The Morgan fingerprint density at radius 2 is 2.39 bits per heavy atom. The van der Waals surface area contributed by atoms with Gasteiger partial charge in [-0.15, -0.1) is 0 Å². The van der Waals surface area contributed by atoms with Crippen molar-refractivity contribution in [1.29, 1.82) is 0 Å². The first kappa shape index (κ1) is 13.0. The average molecular weight is 257 g/mol. The number of aliphatic hydroxyl groups excluding tert-OH is 2. The van der Waals surface area contributed by atoms with Gasteiger partial charge in [0.05, 0.1) is 12.2 Å². The molecule has 2 rings (SSSR count). The van der Waals surface area contributed by atoms with E-state index in [0.29, 0.717) is 6.42 Å². The smallest absolute Gasteiger partial charge is 0.351 e. The van der Waals surface area contributed by atoms with Crippen LogP contribution >= 0.6 is 0 Å². The lowest BCUT2D eigenvalue weighted by molar-refractivity contribution is -0.0306. The molecule has 0 radical (unpaired) electrons. The zero-order chi connectivity index (χ0) is 13.1. The van der Waals surface area contributed by atoms with Gasteiger partial charge in [0.15, 0.2) is 5.82 Å². The lowest BCUT2D eigenvalue weighted by Gasteiger charge is -2.15. The van der Waals surface area contributed by atoms with Gasteiger partial charge in [-0.25, -0.2) is 4.79 Å². The standard InChI is InChI=1S/C10H15N3O5/c14-4-2-7-6(15)5-9(18-7)13-3-1-8(12-17)11-10(13)16/h1,3,6-7,9,14-15,17H,2,4-5H2,(H,11,12,16)/t6-,7?,9+/m0/s1. The van der Waals surface area contributed by atoms with E-state index in [9.17, 15) is 9.90 Å². The summed E-state index contributed by atoms with van der Waals surface area (Å²) in [5.74, 6) is 0.0432. The first-order valence-corrected chi connectivity index (χ1v) is 5.59. The molecule has 2 heterocycles. The quantitative estimate of drug-likeness (QED) is 0.515. The van der Waals surface area contributed by atoms with Crippen LogP contribution in [0.15, 0.2) is 17.1 Å². The number of anilines is 1. The maximum Gasteiger partial charge on any atom is 0.351 e. The normalized spacial score (nSPS) is 27.4. The van der Waals surface area contributed by atoms with E-state index < -0.39 is 24.1 Å². The van der Waals surface area contributed by atoms with Crippen LogP contribution in [0, 0.1) is 0 Å². The molecule has 1 saturated heterocycles. The van der Waals surface area contributed by atoms with Gasteiger partial charge < -0.3 is 14.9 Å². The van der Waals surface area contributed by atoms with E-state index in [1.54, 1.807) is 5.48 Å². The van der Waals surface area contributed by atoms with Crippen molar-refractivity contribution >= 4 is 5.82 Å². The predicted molar refractivity (Wildman–Crippen MR) is 60.1 cm³/mol. The van der Waals surface area contributed by atoms with Crippen LogP contribution in [0.2, 0.25) is 0 Å². The number of nitrogens with one attached hydrogen (secondary N) is 1. The van der Waals surface area contributed by atoms with Gasteiger partial charge in [0.25, 0.3) is 0 Å². The van der Waals surface area contributed by atoms with Crippen molar-refractivity contribution in [3.8, 4) is 0 Å². The summed E-state index contributed by atoms with van der Waals surface area (Å²) in [5, 5.41) is 27.1. The molecule has 3 atom stereocenters. The monoisotopic (exact) mass is 257 g/mol. The number of rotatable bonds is 4. The number of aliphatic hydroxyl groups is 2. The fourth-order valence-electron chi connectivity index (χ4n) is 1.97. The summed E-state index contributed by atoms with van der Waals surface area (Å²) in [4.78, 5) is 15.2. The Bertz CT molecular complexity index is 463. The second kappa shape index (κ2) is 5.44. The lowest BCUT2D eigenvalue weighted by atomic mass is 10.1. The zero-order valence-corrected chi connectivity index (χ0v) is 9.56. The number of aromatic nitrogens is 2. The second-order valence-electron chi connectivity index (χ2n) is 4.06. The summed E-state index contributed by atoms with van der Waals surface area (Å²) in [7, 11) is 0. The van der Waals surface area contributed by atoms with Crippen LogP contribution in [0.3, 0.4) is 0 Å². The highest BCUT2D eigenvalue weighted by Gasteiger charge is 2.34. The third-order valence-electron chi connectivity index (χ3n) is 2.87. The maximum absolute atomic E-state index is 11.6. The molecule has 1 aromatic rings. The molecule has 0 spiro atoms. The minimum absolute atomic E-state index is 0.0432. The van der Waals surface area contributed by atoms with Crippen molar-refractivity contribution in [1.82, 2.24) is 9.55 Å². The van der Waals surface area contributed by atoms with E-state index in [4.69, 9.17) is 15.1 Å². The molecule has 8 nitrogen and oxygen atoms in total. The Balaban J connectivity index is 2.16. The van der Waals surface area contributed by atoms with Gasteiger partial charge in [-0.3, -0.25) is 15.3 Å². The second-order valence-corrected chi connectivity index (χ2v) is 4.06. The van der Waals surface area contributed by atoms with Crippen molar-refractivity contribution < 1.29 is 20.2 Å². The van der Waals surface area contributed by atoms with E-state index in [1.165, 1.54) is 16.8 Å². The van der Waals surface area contributed by atoms with Gasteiger partial charge in [-0.2, -0.15) is 4.98 Å². The molecule has 0 saturated carbocycles. The van der Waals surface area contributed by atoms with Crippen molar-refractivity contribution in [3.05, 3.63) is 22.7 Å². The summed E-state index contributed by atoms with van der Waals surface area (Å²) in [6, 6.07) is 1.41. The van der Waals surface area contributed by atoms with Crippen LogP contribution in [-0.4, -0.2) is 43.8 Å². The Morgan fingerprint density at radius 1 is 1.61 bits per heavy atom. The number of hydrogen-bond donors (Lipinski definition) is 4. The third-order valence-corrected chi connectivity index (χ3v) is 2.87. The highest BCUT2D eigenvalue weighted by Crippen LogP contribution is 2.29. The molecule has 0 amide bonds. The molecule has 0 aliphatic carbocycles. The first-order chi connectivity index (χ1) is 8.65. The van der Waals surface area contributed by atoms with Gasteiger partial charge in [-0.1, -0.05) is 0 Å². The van der Waals surface area contributed by atoms with Gasteiger partial charge >= 0.3 is 5.69 Å². The molecule has 1 aromatic heterocycles. The Hall–Kier alpha value is -1.48. The van der Waals surface area contributed by atoms with Crippen molar-refractivity contribution in [3.63, 3.8) is 0 Å². The molecule has 0 bridgehead atoms. The molecule has 1 aliphatic rings. The van der Waals surface area contributed by atoms with E-state index in [1.807, 2.05) is 0 Å². The number of hydrogen-bond acceptors (Lipinski definition) is 7. The molecule has 100 valence electrons. The van der Waals surface area contributed by atoms with E-state index >= 15 is 0 Å². The molecule has 1 unspecified atom stereocenters. The molecule has 18 heavy (non-hydrogen) atoms. The zero-order valence-electron chi connectivity index (χ0n) is 9.56. The predicted octanol–water partition coefficient (Wildman–Crippen LogP) is -0.925. The molecule has 8 heteroatoms. The Kier molecular flexibility index (Phi) is 3.92. The lowest BCUT2D eigenvalue weighted by Crippen LogP contribution is -2.27. The molecular weight excluding hydrogens is 242 g/mol. The Labute approximate surface area is 102 Å². The van der Waals surface area contributed by atoms with Crippen LogP contribution < -0.4 is 11.2 Å². The molecule has 1 aliphatic heterocycles. The molecule has 0 aromatic carbocycles. The van der Waals surface area contributed by atoms with Crippen molar-refractivity contribution in [2.75, 3.05) is 12.1 Å². The van der Waals surface area contributed by atoms with E-state index in [2.05, 4.69) is 4.98 Å².